The van der Waals surface area contributed by atoms with Gasteiger partial charge in [-0.3, -0.25) is 9.59 Å². The lowest BCUT2D eigenvalue weighted by Gasteiger charge is -2.28. The summed E-state index contributed by atoms with van der Waals surface area (Å²) in [7, 11) is 0. The summed E-state index contributed by atoms with van der Waals surface area (Å²) in [5, 5.41) is 13.9. The zero-order valence-corrected chi connectivity index (χ0v) is 12.3. The predicted octanol–water partition coefficient (Wildman–Crippen LogP) is 1.94. The largest absolute Gasteiger partial charge is 0.481 e. The van der Waals surface area contributed by atoms with Crippen LogP contribution in [0.4, 0.5) is 0 Å². The van der Waals surface area contributed by atoms with Gasteiger partial charge in [0.05, 0.1) is 16.6 Å². The van der Waals surface area contributed by atoms with E-state index in [0.29, 0.717) is 13.0 Å². The molecule has 2 N–H and O–H groups in total. The van der Waals surface area contributed by atoms with E-state index in [-0.39, 0.29) is 18.2 Å². The molecule has 1 atom stereocenters. The van der Waals surface area contributed by atoms with Crippen molar-refractivity contribution in [2.75, 3.05) is 6.54 Å². The van der Waals surface area contributed by atoms with Crippen molar-refractivity contribution in [3.8, 4) is 0 Å². The molecule has 0 aromatic carbocycles. The zero-order chi connectivity index (χ0) is 14.5. The molecule has 1 aromatic heterocycles. The van der Waals surface area contributed by atoms with E-state index in [1.807, 2.05) is 19.2 Å². The number of carboxylic acid groups (broad SMARTS) is 1. The van der Waals surface area contributed by atoms with Crippen LogP contribution in [0.3, 0.4) is 0 Å². The summed E-state index contributed by atoms with van der Waals surface area (Å²) in [5.74, 6) is -1.26. The van der Waals surface area contributed by atoms with Gasteiger partial charge in [0.15, 0.2) is 0 Å². The van der Waals surface area contributed by atoms with E-state index in [1.54, 1.807) is 12.4 Å². The van der Waals surface area contributed by atoms with Gasteiger partial charge in [-0.15, -0.1) is 11.3 Å². The number of thiazole rings is 1. The van der Waals surface area contributed by atoms with Gasteiger partial charge in [-0.25, -0.2) is 4.98 Å². The van der Waals surface area contributed by atoms with Gasteiger partial charge in [0.25, 0.3) is 0 Å². The summed E-state index contributed by atoms with van der Waals surface area (Å²) in [6.45, 7) is 5.73. The Morgan fingerprint density at radius 3 is 2.68 bits per heavy atom. The zero-order valence-electron chi connectivity index (χ0n) is 11.5. The highest BCUT2D eigenvalue weighted by Crippen LogP contribution is 2.31. The van der Waals surface area contributed by atoms with Gasteiger partial charge >= 0.3 is 5.97 Å². The third kappa shape index (κ3) is 4.31. The van der Waals surface area contributed by atoms with Gasteiger partial charge in [0.2, 0.25) is 5.91 Å². The Labute approximate surface area is 117 Å². The summed E-state index contributed by atoms with van der Waals surface area (Å²) in [5.41, 5.74) is 1.66. The van der Waals surface area contributed by atoms with E-state index in [4.69, 9.17) is 0 Å². The Balaban J connectivity index is 2.43. The van der Waals surface area contributed by atoms with Crippen LogP contribution in [0.15, 0.2) is 10.9 Å². The number of carbonyl (C=O) groups excluding carboxylic acids is 1. The molecule has 0 aliphatic rings. The lowest BCUT2D eigenvalue weighted by molar-refractivity contribution is -0.153. The van der Waals surface area contributed by atoms with Crippen LogP contribution in [0.5, 0.6) is 0 Å². The number of aromatic nitrogens is 1. The molecular weight excluding hydrogens is 264 g/mol. The molecule has 0 aliphatic carbocycles. The van der Waals surface area contributed by atoms with E-state index in [2.05, 4.69) is 10.3 Å². The minimum atomic E-state index is -1.02. The molecule has 5 nitrogen and oxygen atoms in total. The molecule has 106 valence electrons. The molecular formula is C13H20N2O3S. The molecule has 1 unspecified atom stereocenters. The minimum absolute atomic E-state index is 0.00291. The Kier molecular flexibility index (Phi) is 5.47. The highest BCUT2D eigenvalue weighted by Gasteiger charge is 2.38. The maximum Gasteiger partial charge on any atom is 0.310 e. The monoisotopic (exact) mass is 284 g/mol. The maximum atomic E-state index is 11.8. The first-order valence-electron chi connectivity index (χ1n) is 6.23. The smallest absolute Gasteiger partial charge is 0.310 e. The lowest BCUT2D eigenvalue weighted by Crippen LogP contribution is -2.39. The second-order valence-electron chi connectivity index (χ2n) is 5.13. The van der Waals surface area contributed by atoms with Gasteiger partial charge < -0.3 is 10.4 Å². The fourth-order valence-electron chi connectivity index (χ4n) is 1.61. The number of carboxylic acids is 1. The molecule has 1 amide bonds. The molecule has 0 bridgehead atoms. The van der Waals surface area contributed by atoms with Crippen LogP contribution >= 0.6 is 11.3 Å². The number of hydrogen-bond donors (Lipinski definition) is 2. The van der Waals surface area contributed by atoms with Crippen LogP contribution in [0.25, 0.3) is 0 Å². The van der Waals surface area contributed by atoms with Crippen molar-refractivity contribution in [1.29, 1.82) is 0 Å². The summed E-state index contributed by atoms with van der Waals surface area (Å²) in [6.07, 6.45) is 0.664. The lowest BCUT2D eigenvalue weighted by atomic mass is 9.76. The van der Waals surface area contributed by atoms with E-state index >= 15 is 0 Å². The standard InChI is InChI=1S/C13H20N2O3S/c1-9(2)13(3,12(17)18)6-11(16)14-5-4-10-7-19-8-15-10/h7-9H,4-6H2,1-3H3,(H,14,16)(H,17,18). The number of nitrogens with zero attached hydrogens (tertiary/aromatic N) is 1. The number of aliphatic carboxylic acids is 1. The normalized spacial score (nSPS) is 14.1. The molecule has 19 heavy (non-hydrogen) atoms. The Morgan fingerprint density at radius 1 is 1.53 bits per heavy atom. The highest BCUT2D eigenvalue weighted by molar-refractivity contribution is 7.07. The summed E-state index contributed by atoms with van der Waals surface area (Å²) >= 11 is 1.51. The van der Waals surface area contributed by atoms with Crippen LogP contribution < -0.4 is 5.32 Å². The Hall–Kier alpha value is -1.43. The minimum Gasteiger partial charge on any atom is -0.481 e. The number of hydrogen-bond acceptors (Lipinski definition) is 4. The van der Waals surface area contributed by atoms with Crippen molar-refractivity contribution >= 4 is 23.2 Å². The molecule has 1 aromatic rings. The number of nitrogens with one attached hydrogen (secondary N) is 1. The van der Waals surface area contributed by atoms with Gasteiger partial charge in [-0.05, 0) is 12.8 Å². The van der Waals surface area contributed by atoms with Crippen molar-refractivity contribution in [3.63, 3.8) is 0 Å². The molecule has 0 radical (unpaired) electrons. The number of rotatable bonds is 7. The first-order valence-corrected chi connectivity index (χ1v) is 7.17. The fourth-order valence-corrected chi connectivity index (χ4v) is 2.21. The molecule has 0 fully saturated rings. The fraction of sp³-hybridized carbons (Fsp3) is 0.615. The molecule has 1 heterocycles. The van der Waals surface area contributed by atoms with Crippen molar-refractivity contribution in [3.05, 3.63) is 16.6 Å². The van der Waals surface area contributed by atoms with Gasteiger partial charge in [0.1, 0.15) is 0 Å². The van der Waals surface area contributed by atoms with E-state index in [1.165, 1.54) is 11.3 Å². The van der Waals surface area contributed by atoms with Gasteiger partial charge in [0, 0.05) is 24.8 Å². The quantitative estimate of drug-likeness (QED) is 0.802. The van der Waals surface area contributed by atoms with E-state index in [0.717, 1.165) is 5.69 Å². The molecule has 0 aliphatic heterocycles. The topological polar surface area (TPSA) is 79.3 Å². The third-order valence-corrected chi connectivity index (χ3v) is 4.11. The van der Waals surface area contributed by atoms with Crippen LogP contribution in [0.1, 0.15) is 32.9 Å². The second kappa shape index (κ2) is 6.65. The van der Waals surface area contributed by atoms with E-state index in [9.17, 15) is 14.7 Å². The van der Waals surface area contributed by atoms with Crippen LogP contribution in [0.2, 0.25) is 0 Å². The number of amides is 1. The SMILES string of the molecule is CC(C)C(C)(CC(=O)NCCc1cscn1)C(=O)O. The first kappa shape index (κ1) is 15.6. The van der Waals surface area contributed by atoms with Gasteiger partial charge in [-0.2, -0.15) is 0 Å². The van der Waals surface area contributed by atoms with E-state index < -0.39 is 11.4 Å². The highest BCUT2D eigenvalue weighted by atomic mass is 32.1. The van der Waals surface area contributed by atoms with Crippen molar-refractivity contribution in [2.45, 2.75) is 33.6 Å². The average Bonchev–Trinajstić information content (AvgIpc) is 2.81. The summed E-state index contributed by atoms with van der Waals surface area (Å²) in [6, 6.07) is 0. The second-order valence-corrected chi connectivity index (χ2v) is 5.85. The van der Waals surface area contributed by atoms with Crippen molar-refractivity contribution < 1.29 is 14.7 Å². The maximum absolute atomic E-state index is 11.8. The average molecular weight is 284 g/mol. The van der Waals surface area contributed by atoms with Crippen LogP contribution in [0, 0.1) is 11.3 Å². The molecule has 0 saturated carbocycles. The summed E-state index contributed by atoms with van der Waals surface area (Å²) in [4.78, 5) is 27.2. The molecule has 6 heteroatoms. The Morgan fingerprint density at radius 2 is 2.21 bits per heavy atom. The predicted molar refractivity (Wildman–Crippen MR) is 74.0 cm³/mol. The number of carbonyl (C=O) groups is 2. The first-order chi connectivity index (χ1) is 8.86. The summed E-state index contributed by atoms with van der Waals surface area (Å²) < 4.78 is 0. The van der Waals surface area contributed by atoms with Gasteiger partial charge in [-0.1, -0.05) is 13.8 Å². The molecule has 0 saturated heterocycles. The van der Waals surface area contributed by atoms with Crippen LogP contribution in [-0.2, 0) is 16.0 Å². The third-order valence-electron chi connectivity index (χ3n) is 3.48. The van der Waals surface area contributed by atoms with Crippen molar-refractivity contribution in [2.24, 2.45) is 11.3 Å². The van der Waals surface area contributed by atoms with Crippen LogP contribution in [-0.4, -0.2) is 28.5 Å². The molecule has 1 rings (SSSR count). The van der Waals surface area contributed by atoms with Crippen molar-refractivity contribution in [1.82, 2.24) is 10.3 Å². The Bertz CT molecular complexity index is 431. The molecule has 0 spiro atoms.